The Bertz CT molecular complexity index is 881. The minimum absolute atomic E-state index is 0.340. The third-order valence-corrected chi connectivity index (χ3v) is 4.10. The van der Waals surface area contributed by atoms with Crippen molar-refractivity contribution in [2.24, 2.45) is 0 Å². The van der Waals surface area contributed by atoms with Gasteiger partial charge in [-0.25, -0.2) is 9.97 Å². The fourth-order valence-corrected chi connectivity index (χ4v) is 2.74. The van der Waals surface area contributed by atoms with Gasteiger partial charge in [0.05, 0.1) is 11.1 Å². The zero-order chi connectivity index (χ0) is 16.2. The molecular weight excluding hydrogens is 309 g/mol. The predicted molar refractivity (Wildman–Crippen MR) is 78.4 cm³/mol. The molecule has 0 unspecified atom stereocenters. The maximum absolute atomic E-state index is 12.9. The molecule has 1 aromatic carbocycles. The minimum atomic E-state index is -4.40. The Balaban J connectivity index is 1.88. The molecule has 0 radical (unpaired) electrons. The van der Waals surface area contributed by atoms with Crippen LogP contribution in [0.5, 0.6) is 0 Å². The summed E-state index contributed by atoms with van der Waals surface area (Å²) >= 11 is 0. The van der Waals surface area contributed by atoms with E-state index in [1.54, 1.807) is 0 Å². The molecule has 6 nitrogen and oxygen atoms in total. The van der Waals surface area contributed by atoms with Crippen LogP contribution in [0, 0.1) is 0 Å². The van der Waals surface area contributed by atoms with E-state index in [9.17, 15) is 13.2 Å². The fraction of sp³-hybridized carbons (Fsp3) is 0.357. The molecule has 2 aromatic heterocycles. The van der Waals surface area contributed by atoms with Crippen LogP contribution in [0.4, 0.5) is 19.1 Å². The van der Waals surface area contributed by atoms with Gasteiger partial charge in [0.1, 0.15) is 6.33 Å². The van der Waals surface area contributed by atoms with Gasteiger partial charge in [0, 0.05) is 24.5 Å². The highest BCUT2D eigenvalue weighted by Crippen LogP contribution is 2.33. The Kier molecular flexibility index (Phi) is 2.95. The first kappa shape index (κ1) is 14.2. The van der Waals surface area contributed by atoms with Gasteiger partial charge in [0.15, 0.2) is 5.65 Å². The van der Waals surface area contributed by atoms with Gasteiger partial charge in [-0.15, -0.1) is 0 Å². The van der Waals surface area contributed by atoms with Crippen molar-refractivity contribution in [3.05, 3.63) is 30.1 Å². The van der Waals surface area contributed by atoms with Crippen molar-refractivity contribution in [1.82, 2.24) is 24.9 Å². The highest BCUT2D eigenvalue weighted by atomic mass is 19.4. The van der Waals surface area contributed by atoms with Gasteiger partial charge >= 0.3 is 6.18 Å². The second-order valence-electron chi connectivity index (χ2n) is 5.53. The van der Waals surface area contributed by atoms with Gasteiger partial charge < -0.3 is 10.2 Å². The normalized spacial score (nSPS) is 16.3. The van der Waals surface area contributed by atoms with Gasteiger partial charge in [-0.1, -0.05) is 0 Å². The molecule has 0 atom stereocenters. The van der Waals surface area contributed by atoms with Crippen LogP contribution in [0.25, 0.3) is 16.6 Å². The number of nitrogens with one attached hydrogen (secondary N) is 1. The lowest BCUT2D eigenvalue weighted by molar-refractivity contribution is -0.137. The van der Waals surface area contributed by atoms with E-state index < -0.39 is 11.7 Å². The van der Waals surface area contributed by atoms with E-state index in [1.165, 1.54) is 16.9 Å². The Labute approximate surface area is 128 Å². The van der Waals surface area contributed by atoms with Gasteiger partial charge in [-0.3, -0.25) is 0 Å². The maximum Gasteiger partial charge on any atom is 0.416 e. The molecule has 1 aliphatic heterocycles. The number of nitrogens with zero attached hydrogens (tertiary/aromatic N) is 5. The van der Waals surface area contributed by atoms with Gasteiger partial charge in [-0.2, -0.15) is 22.8 Å². The van der Waals surface area contributed by atoms with Gasteiger partial charge in [0.2, 0.25) is 5.95 Å². The van der Waals surface area contributed by atoms with Crippen LogP contribution < -0.4 is 10.2 Å². The van der Waals surface area contributed by atoms with Crippen LogP contribution in [-0.2, 0) is 6.18 Å². The summed E-state index contributed by atoms with van der Waals surface area (Å²) in [5.41, 5.74) is 0.133. The summed E-state index contributed by atoms with van der Waals surface area (Å²) in [4.78, 5) is 10.6. The monoisotopic (exact) mass is 322 g/mol. The van der Waals surface area contributed by atoms with Crippen molar-refractivity contribution in [1.29, 1.82) is 0 Å². The molecule has 3 heterocycles. The molecule has 0 spiro atoms. The van der Waals surface area contributed by atoms with Crippen LogP contribution >= 0.6 is 0 Å². The van der Waals surface area contributed by atoms with E-state index in [2.05, 4.69) is 20.4 Å². The van der Waals surface area contributed by atoms with Crippen LogP contribution in [0.2, 0.25) is 0 Å². The molecule has 3 aromatic rings. The lowest BCUT2D eigenvalue weighted by Crippen LogP contribution is -2.58. The molecule has 23 heavy (non-hydrogen) atoms. The second kappa shape index (κ2) is 4.79. The largest absolute Gasteiger partial charge is 0.416 e. The average molecular weight is 322 g/mol. The van der Waals surface area contributed by atoms with Crippen molar-refractivity contribution in [2.45, 2.75) is 12.2 Å². The van der Waals surface area contributed by atoms with E-state index in [-0.39, 0.29) is 0 Å². The molecule has 0 aliphatic carbocycles. The number of anilines is 1. The Morgan fingerprint density at radius 3 is 2.74 bits per heavy atom. The molecule has 1 saturated heterocycles. The second-order valence-corrected chi connectivity index (χ2v) is 5.53. The molecule has 1 aliphatic rings. The summed E-state index contributed by atoms with van der Waals surface area (Å²) in [5, 5.41) is 7.62. The molecular formula is C14H13F3N6. The first-order valence-electron chi connectivity index (χ1n) is 7.10. The summed E-state index contributed by atoms with van der Waals surface area (Å²) in [6.45, 7) is 1.54. The number of aromatic nitrogens is 4. The number of likely N-dealkylation sites (N-methyl/N-ethyl adjacent to an activating group) is 1. The van der Waals surface area contributed by atoms with Crippen LogP contribution in [0.3, 0.4) is 0 Å². The van der Waals surface area contributed by atoms with Crippen molar-refractivity contribution >= 4 is 22.5 Å². The quantitative estimate of drug-likeness (QED) is 0.778. The summed E-state index contributed by atoms with van der Waals surface area (Å²) in [6, 6.07) is 3.87. The smallest absolute Gasteiger partial charge is 0.337 e. The number of fused-ring (bicyclic) bond motifs is 3. The van der Waals surface area contributed by atoms with Crippen LogP contribution in [0.15, 0.2) is 24.5 Å². The number of benzene rings is 1. The molecule has 9 heteroatoms. The van der Waals surface area contributed by atoms with Crippen molar-refractivity contribution in [3.63, 3.8) is 0 Å². The van der Waals surface area contributed by atoms with E-state index >= 15 is 0 Å². The van der Waals surface area contributed by atoms with Gasteiger partial charge in [-0.05, 0) is 25.2 Å². The zero-order valence-electron chi connectivity index (χ0n) is 12.2. The Morgan fingerprint density at radius 1 is 1.26 bits per heavy atom. The molecule has 0 amide bonds. The number of hydrogen-bond donors (Lipinski definition) is 1. The molecule has 0 saturated carbocycles. The Hall–Kier alpha value is -2.42. The van der Waals surface area contributed by atoms with E-state index in [0.717, 1.165) is 25.2 Å². The first-order chi connectivity index (χ1) is 11.0. The molecule has 4 rings (SSSR count). The van der Waals surface area contributed by atoms with Crippen LogP contribution in [-0.4, -0.2) is 45.8 Å². The Morgan fingerprint density at radius 2 is 2.04 bits per heavy atom. The average Bonchev–Trinajstić information content (AvgIpc) is 2.94. The molecule has 1 fully saturated rings. The predicted octanol–water partition coefficient (Wildman–Crippen LogP) is 1.70. The number of hydrogen-bond acceptors (Lipinski definition) is 5. The van der Waals surface area contributed by atoms with Gasteiger partial charge in [0.25, 0.3) is 0 Å². The van der Waals surface area contributed by atoms with E-state index in [0.29, 0.717) is 28.5 Å². The third kappa shape index (κ3) is 2.19. The summed E-state index contributed by atoms with van der Waals surface area (Å²) in [5.74, 6) is 0.594. The topological polar surface area (TPSA) is 58.3 Å². The highest BCUT2D eigenvalue weighted by Gasteiger charge is 2.32. The molecule has 1 N–H and O–H groups in total. The lowest BCUT2D eigenvalue weighted by Gasteiger charge is -2.39. The number of rotatable bonds is 2. The molecule has 120 valence electrons. The number of halogens is 3. The minimum Gasteiger partial charge on any atom is -0.337 e. The standard InChI is InChI=1S/C14H13F3N6/c1-18-9-5-22(6-9)13-21-11-3-2-8(14(15,16)17)4-10(11)12-19-7-20-23(12)13/h2-4,7,9,18H,5-6H2,1H3. The molecule has 0 bridgehead atoms. The lowest BCUT2D eigenvalue weighted by atomic mass is 10.1. The summed E-state index contributed by atoms with van der Waals surface area (Å²) in [6.07, 6.45) is -3.07. The van der Waals surface area contributed by atoms with E-state index in [1.807, 2.05) is 11.9 Å². The van der Waals surface area contributed by atoms with Crippen molar-refractivity contribution < 1.29 is 13.2 Å². The van der Waals surface area contributed by atoms with Crippen molar-refractivity contribution in [3.8, 4) is 0 Å². The highest BCUT2D eigenvalue weighted by molar-refractivity contribution is 5.92. The number of alkyl halides is 3. The first-order valence-corrected chi connectivity index (χ1v) is 7.10. The van der Waals surface area contributed by atoms with Crippen molar-refractivity contribution in [2.75, 3.05) is 25.0 Å². The summed E-state index contributed by atoms with van der Waals surface area (Å²) < 4.78 is 40.2. The fourth-order valence-electron chi connectivity index (χ4n) is 2.74. The third-order valence-electron chi connectivity index (χ3n) is 4.10. The van der Waals surface area contributed by atoms with E-state index in [4.69, 9.17) is 0 Å². The SMILES string of the molecule is CNC1CN(c2nc3ccc(C(F)(F)F)cc3c3ncnn23)C1. The summed E-state index contributed by atoms with van der Waals surface area (Å²) in [7, 11) is 1.89. The van der Waals surface area contributed by atoms with Crippen LogP contribution in [0.1, 0.15) is 5.56 Å². The maximum atomic E-state index is 12.9. The zero-order valence-corrected chi connectivity index (χ0v) is 12.2.